The van der Waals surface area contributed by atoms with Crippen LogP contribution in [-0.2, 0) is 19.1 Å². The van der Waals surface area contributed by atoms with Gasteiger partial charge in [-0.1, -0.05) is 0 Å². The molecule has 7 nitrogen and oxygen atoms in total. The molecule has 3 atom stereocenters. The third-order valence-corrected chi connectivity index (χ3v) is 3.48. The van der Waals surface area contributed by atoms with E-state index < -0.39 is 18.2 Å². The maximum absolute atomic E-state index is 12.1. The maximum Gasteiger partial charge on any atom is 0.332 e. The molecule has 0 saturated carbocycles. The number of likely N-dealkylation sites (tertiary alicyclic amines) is 1. The molecule has 2 fully saturated rings. The molecule has 0 aromatic rings. The Bertz CT molecular complexity index is 398. The van der Waals surface area contributed by atoms with Crippen LogP contribution >= 0.6 is 0 Å². The van der Waals surface area contributed by atoms with Gasteiger partial charge in [-0.05, 0) is 19.3 Å². The molecule has 0 aromatic carbocycles. The van der Waals surface area contributed by atoms with E-state index in [0.717, 1.165) is 6.42 Å². The number of carboxylic acids is 1. The largest absolute Gasteiger partial charge is 0.479 e. The number of hydrogen-bond donors (Lipinski definition) is 2. The molecule has 0 spiro atoms. The third kappa shape index (κ3) is 3.23. The number of hydrogen-bond acceptors (Lipinski definition) is 4. The monoisotopic (exact) mass is 270 g/mol. The Labute approximate surface area is 110 Å². The Morgan fingerprint density at radius 3 is 2.47 bits per heavy atom. The number of rotatable bonds is 3. The highest BCUT2D eigenvalue weighted by molar-refractivity contribution is 5.83. The van der Waals surface area contributed by atoms with Crippen molar-refractivity contribution in [2.45, 2.75) is 44.4 Å². The Kier molecular flexibility index (Phi) is 4.04. The van der Waals surface area contributed by atoms with Crippen molar-refractivity contribution in [1.29, 1.82) is 0 Å². The van der Waals surface area contributed by atoms with Gasteiger partial charge in [-0.25, -0.2) is 4.79 Å². The zero-order valence-electron chi connectivity index (χ0n) is 10.8. The summed E-state index contributed by atoms with van der Waals surface area (Å²) in [7, 11) is 0. The molecule has 106 valence electrons. The lowest BCUT2D eigenvalue weighted by Gasteiger charge is -2.20. The predicted molar refractivity (Wildman–Crippen MR) is 64.3 cm³/mol. The fraction of sp³-hybridized carbons (Fsp3) is 0.750. The van der Waals surface area contributed by atoms with Gasteiger partial charge in [0.2, 0.25) is 5.91 Å². The number of carbonyl (C=O) groups is 3. The van der Waals surface area contributed by atoms with Gasteiger partial charge in [0.15, 0.2) is 6.10 Å². The first kappa shape index (κ1) is 13.8. The molecule has 2 rings (SSSR count). The van der Waals surface area contributed by atoms with Crippen molar-refractivity contribution in [3.63, 3.8) is 0 Å². The van der Waals surface area contributed by atoms with Crippen LogP contribution in [0, 0.1) is 0 Å². The Hall–Kier alpha value is -1.63. The van der Waals surface area contributed by atoms with Crippen molar-refractivity contribution in [3.05, 3.63) is 0 Å². The van der Waals surface area contributed by atoms with E-state index in [1.807, 2.05) is 0 Å². The van der Waals surface area contributed by atoms with Crippen LogP contribution in [0.3, 0.4) is 0 Å². The number of aliphatic carboxylic acids is 1. The Morgan fingerprint density at radius 2 is 1.89 bits per heavy atom. The second kappa shape index (κ2) is 5.56. The summed E-state index contributed by atoms with van der Waals surface area (Å²) in [5.41, 5.74) is 0. The average Bonchev–Trinajstić information content (AvgIpc) is 2.95. The predicted octanol–water partition coefficient (Wildman–Crippen LogP) is -0.644. The second-order valence-electron chi connectivity index (χ2n) is 5.00. The van der Waals surface area contributed by atoms with Crippen molar-refractivity contribution in [1.82, 2.24) is 10.2 Å². The molecule has 0 aromatic heterocycles. The van der Waals surface area contributed by atoms with E-state index >= 15 is 0 Å². The number of carbonyl (C=O) groups excluding carboxylic acids is 2. The molecule has 2 aliphatic heterocycles. The quantitative estimate of drug-likeness (QED) is 0.711. The molecule has 2 N–H and O–H groups in total. The number of nitrogens with zero attached hydrogens (tertiary/aromatic N) is 1. The van der Waals surface area contributed by atoms with Crippen molar-refractivity contribution < 1.29 is 24.2 Å². The van der Waals surface area contributed by atoms with Gasteiger partial charge in [0.05, 0.1) is 0 Å². The summed E-state index contributed by atoms with van der Waals surface area (Å²) < 4.78 is 5.24. The molecular formula is C12H18N2O5. The molecule has 0 radical (unpaired) electrons. The molecule has 1 unspecified atom stereocenters. The zero-order valence-corrected chi connectivity index (χ0v) is 10.8. The second-order valence-corrected chi connectivity index (χ2v) is 5.00. The number of nitrogens with one attached hydrogen (secondary N) is 1. The molecule has 19 heavy (non-hydrogen) atoms. The molecule has 0 bridgehead atoms. The van der Waals surface area contributed by atoms with Crippen LogP contribution in [0.25, 0.3) is 0 Å². The van der Waals surface area contributed by atoms with Crippen LogP contribution < -0.4 is 5.32 Å². The maximum atomic E-state index is 12.1. The molecule has 0 aliphatic carbocycles. The number of ether oxygens (including phenoxy) is 1. The van der Waals surface area contributed by atoms with E-state index in [0.29, 0.717) is 25.9 Å². The molecule has 2 heterocycles. The van der Waals surface area contributed by atoms with Crippen LogP contribution in [0.5, 0.6) is 0 Å². The van der Waals surface area contributed by atoms with Gasteiger partial charge in [0, 0.05) is 26.1 Å². The fourth-order valence-corrected chi connectivity index (χ4v) is 2.57. The van der Waals surface area contributed by atoms with E-state index in [2.05, 4.69) is 5.32 Å². The standard InChI is InChI=1S/C12H18N2O5/c1-7(15)13-8-4-5-14(6-8)11(16)9-2-3-10(19-9)12(17)18/h8-10H,2-6H2,1H3,(H,13,15)(H,17,18)/t8?,9-,10+/m0/s1. The summed E-state index contributed by atoms with van der Waals surface area (Å²) >= 11 is 0. The molecule has 7 heteroatoms. The van der Waals surface area contributed by atoms with Crippen molar-refractivity contribution in [2.75, 3.05) is 13.1 Å². The van der Waals surface area contributed by atoms with Crippen LogP contribution in [-0.4, -0.2) is 59.1 Å². The SMILES string of the molecule is CC(=O)NC1CCN(C(=O)[C@@H]2CC[C@H](C(=O)O)O2)C1. The van der Waals surface area contributed by atoms with Crippen molar-refractivity contribution in [2.24, 2.45) is 0 Å². The van der Waals surface area contributed by atoms with Gasteiger partial charge in [-0.2, -0.15) is 0 Å². The molecular weight excluding hydrogens is 252 g/mol. The van der Waals surface area contributed by atoms with Gasteiger partial charge in [-0.15, -0.1) is 0 Å². The highest BCUT2D eigenvalue weighted by atomic mass is 16.5. The summed E-state index contributed by atoms with van der Waals surface area (Å²) in [4.78, 5) is 35.5. The van der Waals surface area contributed by atoms with Crippen molar-refractivity contribution >= 4 is 17.8 Å². The summed E-state index contributed by atoms with van der Waals surface area (Å²) in [5.74, 6) is -1.30. The fourth-order valence-electron chi connectivity index (χ4n) is 2.57. The average molecular weight is 270 g/mol. The minimum Gasteiger partial charge on any atom is -0.479 e. The van der Waals surface area contributed by atoms with Crippen LogP contribution in [0.1, 0.15) is 26.2 Å². The summed E-state index contributed by atoms with van der Waals surface area (Å²) in [6, 6.07) is -0.0156. The van der Waals surface area contributed by atoms with E-state index in [9.17, 15) is 14.4 Å². The van der Waals surface area contributed by atoms with Gasteiger partial charge >= 0.3 is 5.97 Å². The van der Waals surface area contributed by atoms with E-state index in [1.54, 1.807) is 4.90 Å². The van der Waals surface area contributed by atoms with Gasteiger partial charge in [-0.3, -0.25) is 9.59 Å². The number of amides is 2. The summed E-state index contributed by atoms with van der Waals surface area (Å²) in [6.07, 6.45) is 0.00604. The van der Waals surface area contributed by atoms with Gasteiger partial charge < -0.3 is 20.1 Å². The highest BCUT2D eigenvalue weighted by Gasteiger charge is 2.38. The molecule has 2 amide bonds. The smallest absolute Gasteiger partial charge is 0.332 e. The van der Waals surface area contributed by atoms with Gasteiger partial charge in [0.25, 0.3) is 5.91 Å². The Balaban J connectivity index is 1.85. The summed E-state index contributed by atoms with van der Waals surface area (Å²) in [6.45, 7) is 2.49. The minimum absolute atomic E-state index is 0.0156. The first-order valence-corrected chi connectivity index (χ1v) is 6.41. The normalized spacial score (nSPS) is 30.4. The van der Waals surface area contributed by atoms with Crippen LogP contribution in [0.15, 0.2) is 0 Å². The highest BCUT2D eigenvalue weighted by Crippen LogP contribution is 2.23. The zero-order chi connectivity index (χ0) is 14.0. The lowest BCUT2D eigenvalue weighted by molar-refractivity contribution is -0.154. The lowest BCUT2D eigenvalue weighted by Crippen LogP contribution is -2.41. The van der Waals surface area contributed by atoms with Crippen LogP contribution in [0.4, 0.5) is 0 Å². The van der Waals surface area contributed by atoms with Crippen LogP contribution in [0.2, 0.25) is 0 Å². The van der Waals surface area contributed by atoms with Gasteiger partial charge in [0.1, 0.15) is 6.10 Å². The third-order valence-electron chi connectivity index (χ3n) is 3.48. The summed E-state index contributed by atoms with van der Waals surface area (Å²) in [5, 5.41) is 11.6. The first-order valence-electron chi connectivity index (χ1n) is 6.41. The van der Waals surface area contributed by atoms with E-state index in [-0.39, 0.29) is 17.9 Å². The first-order chi connectivity index (χ1) is 8.97. The molecule has 2 saturated heterocycles. The lowest BCUT2D eigenvalue weighted by atomic mass is 10.2. The van der Waals surface area contributed by atoms with Crippen molar-refractivity contribution in [3.8, 4) is 0 Å². The van der Waals surface area contributed by atoms with E-state index in [1.165, 1.54) is 6.92 Å². The number of carboxylic acid groups (broad SMARTS) is 1. The molecule has 2 aliphatic rings. The minimum atomic E-state index is -1.02. The van der Waals surface area contributed by atoms with E-state index in [4.69, 9.17) is 9.84 Å². The topological polar surface area (TPSA) is 95.9 Å². The Morgan fingerprint density at radius 1 is 1.21 bits per heavy atom.